The molecule has 3 fully saturated rings. The molecule has 0 unspecified atom stereocenters. The Morgan fingerprint density at radius 2 is 1.73 bits per heavy atom. The maximum atomic E-state index is 4.42. The van der Waals surface area contributed by atoms with Crippen LogP contribution in [0, 0.1) is 0 Å². The second kappa shape index (κ2) is 9.27. The topological polar surface area (TPSA) is 40.0 Å². The second-order valence-corrected chi connectivity index (χ2v) is 8.95. The van der Waals surface area contributed by atoms with Gasteiger partial charge in [-0.05, 0) is 30.7 Å². The van der Waals surface area contributed by atoms with E-state index in [4.69, 9.17) is 0 Å². The van der Waals surface area contributed by atoms with E-state index < -0.39 is 0 Å². The first-order valence-corrected chi connectivity index (χ1v) is 11.4. The summed E-state index contributed by atoms with van der Waals surface area (Å²) in [5, 5.41) is 8.82. The van der Waals surface area contributed by atoms with Crippen LogP contribution in [0.4, 0.5) is 17.3 Å². The predicted octanol–water partition coefficient (Wildman–Crippen LogP) is 3.02. The van der Waals surface area contributed by atoms with Gasteiger partial charge in [0.05, 0.1) is 52.7 Å². The van der Waals surface area contributed by atoms with Gasteiger partial charge in [0, 0.05) is 49.9 Å². The van der Waals surface area contributed by atoms with E-state index >= 15 is 0 Å². The Morgan fingerprint density at radius 1 is 1.03 bits per heavy atom. The molecule has 0 amide bonds. The molecule has 0 atom stereocenters. The number of aryl methyl sites for hydroxylation is 2. The lowest BCUT2D eigenvalue weighted by Gasteiger charge is -2.50. The van der Waals surface area contributed by atoms with Gasteiger partial charge in [-0.25, -0.2) is 9.13 Å². The van der Waals surface area contributed by atoms with E-state index in [0.717, 1.165) is 24.7 Å². The zero-order valence-electron chi connectivity index (χ0n) is 18.9. The molecule has 0 aliphatic carbocycles. The third kappa shape index (κ3) is 4.73. The van der Waals surface area contributed by atoms with E-state index in [2.05, 4.69) is 51.2 Å². The fourth-order valence-corrected chi connectivity index (χ4v) is 4.86. The van der Waals surface area contributed by atoms with E-state index in [1.54, 1.807) is 0 Å². The Morgan fingerprint density at radius 3 is 2.33 bits per heavy atom. The summed E-state index contributed by atoms with van der Waals surface area (Å²) in [5.41, 5.74) is 2.18. The third-order valence-electron chi connectivity index (χ3n) is 6.84. The summed E-state index contributed by atoms with van der Waals surface area (Å²) in [6, 6.07) is 8.55. The number of quaternary nitrogens is 1. The molecular weight excluding hydrogens is 374 g/mol. The van der Waals surface area contributed by atoms with Gasteiger partial charge in [0.1, 0.15) is 5.69 Å². The number of hydrogen-bond acceptors (Lipinski definition) is 4. The van der Waals surface area contributed by atoms with Crippen LogP contribution in [0.15, 0.2) is 46.9 Å². The van der Waals surface area contributed by atoms with Gasteiger partial charge < -0.3 is 9.38 Å². The largest absolute Gasteiger partial charge is 0.421 e. The smallest absolute Gasteiger partial charge is 0.371 e. The van der Waals surface area contributed by atoms with Crippen LogP contribution in [0.25, 0.3) is 0 Å². The van der Waals surface area contributed by atoms with Crippen LogP contribution in [0.5, 0.6) is 0 Å². The van der Waals surface area contributed by atoms with Crippen molar-refractivity contribution >= 4 is 17.3 Å². The van der Waals surface area contributed by atoms with Crippen molar-refractivity contribution in [3.8, 4) is 0 Å². The van der Waals surface area contributed by atoms with Crippen LogP contribution >= 0.6 is 0 Å². The second-order valence-electron chi connectivity index (χ2n) is 8.95. The number of anilines is 1. The molecule has 0 saturated carbocycles. The molecule has 30 heavy (non-hydrogen) atoms. The Hall–Kier alpha value is -2.25. The lowest BCUT2D eigenvalue weighted by Crippen LogP contribution is -2.67. The first-order valence-electron chi connectivity index (χ1n) is 11.4. The standard InChI is InChI=1S/C23H37N7/c1-4-10-29(11-5-17-30-18-14-28(15-19-30)16-20-30)22-8-6-21(7-9-22)24-25-23-26(2)12-13-27(23)3/h6-9,12-13H,4-5,10-11,14-20H2,1-3H3/q+2. The molecule has 2 bridgehead atoms. The number of hydrogen-bond donors (Lipinski definition) is 0. The Kier molecular flexibility index (Phi) is 6.49. The molecule has 3 saturated heterocycles. The Bertz CT molecular complexity index is 814. The van der Waals surface area contributed by atoms with E-state index in [0.29, 0.717) is 0 Å². The molecule has 3 aliphatic rings. The van der Waals surface area contributed by atoms with Gasteiger partial charge in [0.25, 0.3) is 0 Å². The quantitative estimate of drug-likeness (QED) is 0.362. The van der Waals surface area contributed by atoms with Crippen molar-refractivity contribution in [1.29, 1.82) is 0 Å². The van der Waals surface area contributed by atoms with Gasteiger partial charge in [-0.2, -0.15) is 0 Å². The zero-order valence-corrected chi connectivity index (χ0v) is 18.9. The van der Waals surface area contributed by atoms with Crippen molar-refractivity contribution < 1.29 is 9.05 Å². The summed E-state index contributed by atoms with van der Waals surface area (Å²) < 4.78 is 5.29. The van der Waals surface area contributed by atoms with Gasteiger partial charge in [-0.3, -0.25) is 4.90 Å². The first-order chi connectivity index (χ1) is 14.6. The SMILES string of the molecule is CCCN(CCC[N+]12CCN(CC1)CC2)c1ccc(/N=N/c2n(C)cc[n+]2C)cc1. The lowest BCUT2D eigenvalue weighted by molar-refractivity contribution is -0.941. The maximum absolute atomic E-state index is 4.42. The fourth-order valence-electron chi connectivity index (χ4n) is 4.86. The molecule has 3 aliphatic heterocycles. The summed E-state index contributed by atoms with van der Waals surface area (Å²) in [4.78, 5) is 5.16. The van der Waals surface area contributed by atoms with Gasteiger partial charge in [0.15, 0.2) is 0 Å². The minimum absolute atomic E-state index is 0.831. The normalized spacial score (nSPS) is 23.4. The predicted molar refractivity (Wildman–Crippen MR) is 120 cm³/mol. The van der Waals surface area contributed by atoms with E-state index in [1.807, 2.05) is 35.6 Å². The lowest BCUT2D eigenvalue weighted by atomic mass is 10.1. The third-order valence-corrected chi connectivity index (χ3v) is 6.84. The molecule has 7 nitrogen and oxygen atoms in total. The maximum Gasteiger partial charge on any atom is 0.421 e. The summed E-state index contributed by atoms with van der Waals surface area (Å²) >= 11 is 0. The number of nitrogens with zero attached hydrogens (tertiary/aromatic N) is 7. The van der Waals surface area contributed by atoms with E-state index in [-0.39, 0.29) is 0 Å². The van der Waals surface area contributed by atoms with Crippen molar-refractivity contribution in [3.05, 3.63) is 36.7 Å². The van der Waals surface area contributed by atoms with Crippen LogP contribution in [-0.2, 0) is 14.1 Å². The molecule has 4 heterocycles. The van der Waals surface area contributed by atoms with Gasteiger partial charge in [-0.15, -0.1) is 0 Å². The van der Waals surface area contributed by atoms with Crippen molar-refractivity contribution in [3.63, 3.8) is 0 Å². The van der Waals surface area contributed by atoms with Gasteiger partial charge in [-0.1, -0.05) is 12.0 Å². The molecule has 7 heteroatoms. The molecule has 5 rings (SSSR count). The van der Waals surface area contributed by atoms with Crippen LogP contribution in [0.2, 0.25) is 0 Å². The number of piperazine rings is 3. The van der Waals surface area contributed by atoms with Crippen molar-refractivity contribution in [1.82, 2.24) is 9.47 Å². The molecular formula is C23H37N7+2. The van der Waals surface area contributed by atoms with Crippen molar-refractivity contribution in [2.24, 2.45) is 24.3 Å². The number of fused-ring (bicyclic) bond motifs is 3. The average Bonchev–Trinajstić information content (AvgIpc) is 3.10. The molecule has 1 aromatic carbocycles. The summed E-state index contributed by atoms with van der Waals surface area (Å²) in [6.45, 7) is 13.8. The van der Waals surface area contributed by atoms with Crippen LogP contribution in [0.1, 0.15) is 19.8 Å². The summed E-state index contributed by atoms with van der Waals surface area (Å²) in [6.07, 6.45) is 6.40. The van der Waals surface area contributed by atoms with Crippen LogP contribution < -0.4 is 9.47 Å². The van der Waals surface area contributed by atoms with Crippen molar-refractivity contribution in [2.45, 2.75) is 19.8 Å². The number of azo groups is 1. The highest BCUT2D eigenvalue weighted by Crippen LogP contribution is 2.23. The fraction of sp³-hybridized carbons (Fsp3) is 0.609. The molecule has 0 radical (unpaired) electrons. The number of aromatic nitrogens is 2. The minimum atomic E-state index is 0.831. The highest BCUT2D eigenvalue weighted by Gasteiger charge is 2.37. The van der Waals surface area contributed by atoms with Crippen LogP contribution in [-0.4, -0.2) is 72.9 Å². The summed E-state index contributed by atoms with van der Waals surface area (Å²) in [5.74, 6) is 0.831. The summed E-state index contributed by atoms with van der Waals surface area (Å²) in [7, 11) is 3.96. The Balaban J connectivity index is 1.35. The number of imidazole rings is 1. The molecule has 2 aromatic rings. The molecule has 0 spiro atoms. The average molecular weight is 412 g/mol. The highest BCUT2D eigenvalue weighted by atomic mass is 15.5. The number of benzene rings is 1. The highest BCUT2D eigenvalue weighted by molar-refractivity contribution is 5.52. The minimum Gasteiger partial charge on any atom is -0.371 e. The Labute approximate surface area is 180 Å². The zero-order chi connectivity index (χ0) is 21.0. The monoisotopic (exact) mass is 411 g/mol. The van der Waals surface area contributed by atoms with Crippen LogP contribution in [0.3, 0.4) is 0 Å². The molecule has 162 valence electrons. The number of rotatable bonds is 9. The molecule has 1 aromatic heterocycles. The van der Waals surface area contributed by atoms with E-state index in [9.17, 15) is 0 Å². The van der Waals surface area contributed by atoms with Crippen molar-refractivity contribution in [2.75, 3.05) is 63.8 Å². The van der Waals surface area contributed by atoms with E-state index in [1.165, 1.54) is 68.8 Å². The van der Waals surface area contributed by atoms with Gasteiger partial charge >= 0.3 is 5.95 Å². The van der Waals surface area contributed by atoms with Gasteiger partial charge in [0.2, 0.25) is 0 Å². The first kappa shape index (κ1) is 21.0. The molecule has 0 N–H and O–H groups in total.